The minimum Gasteiger partial charge on any atom is -0.480 e. The molecule has 3 aliphatic rings. The Kier molecular flexibility index (Phi) is 9.92. The number of nitrogens with zero attached hydrogens (tertiary/aromatic N) is 3. The van der Waals surface area contributed by atoms with Crippen LogP contribution in [0.2, 0.25) is 0 Å². The van der Waals surface area contributed by atoms with E-state index in [4.69, 9.17) is 0 Å². The maximum atomic E-state index is 12.9. The highest BCUT2D eigenvalue weighted by Crippen LogP contribution is 2.38. The highest BCUT2D eigenvalue weighted by molar-refractivity contribution is 5.76. The molecule has 6 heteroatoms. The summed E-state index contributed by atoms with van der Waals surface area (Å²) in [4.78, 5) is 32.3. The SMILES string of the molecule is CN(C(=O)CCc1ccccc1)C1CCN(C[C@H]2CN([C@@H](C(=O)O)C3CCCCC3)C[C@@H]2c2ccccc2)CC1. The first-order valence-electron chi connectivity index (χ1n) is 15.5. The van der Waals surface area contributed by atoms with E-state index in [0.717, 1.165) is 77.7 Å². The molecule has 1 saturated carbocycles. The van der Waals surface area contributed by atoms with Crippen molar-refractivity contribution in [3.8, 4) is 0 Å². The summed E-state index contributed by atoms with van der Waals surface area (Å²) < 4.78 is 0. The van der Waals surface area contributed by atoms with Crippen molar-refractivity contribution in [2.75, 3.05) is 39.8 Å². The molecule has 216 valence electrons. The smallest absolute Gasteiger partial charge is 0.321 e. The van der Waals surface area contributed by atoms with Crippen molar-refractivity contribution >= 4 is 11.9 Å². The van der Waals surface area contributed by atoms with Gasteiger partial charge in [0.05, 0.1) is 0 Å². The van der Waals surface area contributed by atoms with Crippen molar-refractivity contribution in [2.24, 2.45) is 11.8 Å². The van der Waals surface area contributed by atoms with Gasteiger partial charge in [0, 0.05) is 58.2 Å². The molecule has 2 aliphatic heterocycles. The number of carboxylic acid groups (broad SMARTS) is 1. The van der Waals surface area contributed by atoms with E-state index in [1.807, 2.05) is 30.1 Å². The number of carboxylic acids is 1. The molecule has 0 radical (unpaired) electrons. The lowest BCUT2D eigenvalue weighted by Crippen LogP contribution is -2.48. The summed E-state index contributed by atoms with van der Waals surface area (Å²) in [6.07, 6.45) is 8.99. The van der Waals surface area contributed by atoms with Crippen LogP contribution in [-0.2, 0) is 16.0 Å². The second kappa shape index (κ2) is 13.8. The van der Waals surface area contributed by atoms with Crippen LogP contribution >= 0.6 is 0 Å². The fraction of sp³-hybridized carbons (Fsp3) is 0.588. The summed E-state index contributed by atoms with van der Waals surface area (Å²) in [5.41, 5.74) is 2.55. The minimum absolute atomic E-state index is 0.236. The van der Waals surface area contributed by atoms with E-state index in [2.05, 4.69) is 52.3 Å². The molecule has 3 atom stereocenters. The summed E-state index contributed by atoms with van der Waals surface area (Å²) in [5.74, 6) is 0.633. The maximum absolute atomic E-state index is 12.9. The van der Waals surface area contributed by atoms with Crippen molar-refractivity contribution in [1.29, 1.82) is 0 Å². The van der Waals surface area contributed by atoms with Gasteiger partial charge in [-0.3, -0.25) is 14.5 Å². The van der Waals surface area contributed by atoms with Crippen LogP contribution in [0.15, 0.2) is 60.7 Å². The zero-order valence-corrected chi connectivity index (χ0v) is 24.2. The molecular weight excluding hydrogens is 498 g/mol. The van der Waals surface area contributed by atoms with Crippen molar-refractivity contribution in [1.82, 2.24) is 14.7 Å². The molecule has 1 aliphatic carbocycles. The predicted octanol–water partition coefficient (Wildman–Crippen LogP) is 5.29. The highest BCUT2D eigenvalue weighted by atomic mass is 16.4. The number of amides is 1. The normalized spacial score (nSPS) is 24.1. The van der Waals surface area contributed by atoms with Crippen LogP contribution in [0.1, 0.15) is 68.4 Å². The van der Waals surface area contributed by atoms with Gasteiger partial charge in [-0.1, -0.05) is 79.9 Å². The number of carbonyl (C=O) groups is 2. The molecule has 2 saturated heterocycles. The largest absolute Gasteiger partial charge is 0.480 e. The first-order valence-corrected chi connectivity index (χ1v) is 15.5. The Balaban J connectivity index is 1.18. The number of carbonyl (C=O) groups excluding carboxylic acids is 1. The van der Waals surface area contributed by atoms with Crippen molar-refractivity contribution < 1.29 is 14.7 Å². The van der Waals surface area contributed by atoms with Crippen LogP contribution in [-0.4, -0.2) is 83.5 Å². The van der Waals surface area contributed by atoms with Gasteiger partial charge >= 0.3 is 5.97 Å². The molecule has 0 spiro atoms. The number of piperidine rings is 1. The maximum Gasteiger partial charge on any atom is 0.321 e. The number of hydrogen-bond donors (Lipinski definition) is 1. The van der Waals surface area contributed by atoms with E-state index in [-0.39, 0.29) is 17.9 Å². The van der Waals surface area contributed by atoms with Crippen LogP contribution in [0.5, 0.6) is 0 Å². The second-order valence-corrected chi connectivity index (χ2v) is 12.4. The molecule has 0 aromatic heterocycles. The minimum atomic E-state index is -0.639. The molecular formula is C34H47N3O3. The first-order chi connectivity index (χ1) is 19.5. The molecule has 2 aromatic rings. The topological polar surface area (TPSA) is 64.1 Å². The molecule has 1 amide bonds. The van der Waals surface area contributed by atoms with Crippen LogP contribution < -0.4 is 0 Å². The fourth-order valence-electron chi connectivity index (χ4n) is 7.60. The van der Waals surface area contributed by atoms with Gasteiger partial charge in [-0.15, -0.1) is 0 Å². The molecule has 5 rings (SSSR count). The van der Waals surface area contributed by atoms with E-state index >= 15 is 0 Å². The number of aryl methyl sites for hydroxylation is 1. The van der Waals surface area contributed by atoms with Gasteiger partial charge in [0.2, 0.25) is 5.91 Å². The molecule has 2 heterocycles. The van der Waals surface area contributed by atoms with Gasteiger partial charge in [-0.25, -0.2) is 0 Å². The third-order valence-corrected chi connectivity index (χ3v) is 9.90. The number of rotatable bonds is 10. The van der Waals surface area contributed by atoms with Gasteiger partial charge in [-0.05, 0) is 55.1 Å². The number of aliphatic carboxylic acids is 1. The molecule has 1 N–H and O–H groups in total. The average Bonchev–Trinajstić information content (AvgIpc) is 3.40. The zero-order chi connectivity index (χ0) is 27.9. The van der Waals surface area contributed by atoms with Gasteiger partial charge in [0.1, 0.15) is 6.04 Å². The monoisotopic (exact) mass is 545 g/mol. The Morgan fingerprint density at radius 2 is 1.55 bits per heavy atom. The molecule has 2 aromatic carbocycles. The Morgan fingerprint density at radius 1 is 0.900 bits per heavy atom. The quantitative estimate of drug-likeness (QED) is 0.440. The Bertz CT molecular complexity index is 1080. The molecule has 0 unspecified atom stereocenters. The summed E-state index contributed by atoms with van der Waals surface area (Å²) in [6, 6.07) is 20.9. The van der Waals surface area contributed by atoms with Crippen molar-refractivity contribution in [3.05, 3.63) is 71.8 Å². The highest BCUT2D eigenvalue weighted by Gasteiger charge is 2.43. The van der Waals surface area contributed by atoms with Crippen LogP contribution in [0, 0.1) is 11.8 Å². The number of hydrogen-bond acceptors (Lipinski definition) is 4. The molecule has 6 nitrogen and oxygen atoms in total. The Hall–Kier alpha value is -2.70. The lowest BCUT2D eigenvalue weighted by atomic mass is 9.83. The van der Waals surface area contributed by atoms with Crippen LogP contribution in [0.25, 0.3) is 0 Å². The van der Waals surface area contributed by atoms with Crippen molar-refractivity contribution in [3.63, 3.8) is 0 Å². The Morgan fingerprint density at radius 3 is 2.20 bits per heavy atom. The summed E-state index contributed by atoms with van der Waals surface area (Å²) in [7, 11) is 1.98. The molecule has 40 heavy (non-hydrogen) atoms. The van der Waals surface area contributed by atoms with E-state index in [9.17, 15) is 14.7 Å². The standard InChI is InChI=1S/C34H47N3O3/c1-35(32(38)18-17-26-11-5-2-6-12-26)30-19-21-36(22-20-30)23-29-24-37(25-31(29)27-13-7-3-8-14-27)33(34(39)40)28-15-9-4-10-16-28/h2-3,5-8,11-14,28-31,33H,4,9-10,15-25H2,1H3,(H,39,40)/t29-,31+,33+/m0/s1. The Labute approximate surface area is 240 Å². The number of likely N-dealkylation sites (tertiary alicyclic amines) is 2. The van der Waals surface area contributed by atoms with Crippen LogP contribution in [0.3, 0.4) is 0 Å². The van der Waals surface area contributed by atoms with Gasteiger partial charge in [0.15, 0.2) is 0 Å². The predicted molar refractivity (Wildman–Crippen MR) is 159 cm³/mol. The van der Waals surface area contributed by atoms with Crippen LogP contribution in [0.4, 0.5) is 0 Å². The van der Waals surface area contributed by atoms with Gasteiger partial charge < -0.3 is 14.9 Å². The van der Waals surface area contributed by atoms with Crippen molar-refractivity contribution in [2.45, 2.75) is 75.8 Å². The second-order valence-electron chi connectivity index (χ2n) is 12.4. The lowest BCUT2D eigenvalue weighted by molar-refractivity contribution is -0.145. The van der Waals surface area contributed by atoms with Gasteiger partial charge in [-0.2, -0.15) is 0 Å². The average molecular weight is 546 g/mol. The molecule has 3 fully saturated rings. The third kappa shape index (κ3) is 7.13. The number of benzene rings is 2. The van der Waals surface area contributed by atoms with Gasteiger partial charge in [0.25, 0.3) is 0 Å². The van der Waals surface area contributed by atoms with E-state index in [1.165, 1.54) is 17.5 Å². The summed E-state index contributed by atoms with van der Waals surface area (Å²) >= 11 is 0. The summed E-state index contributed by atoms with van der Waals surface area (Å²) in [6.45, 7) is 4.65. The summed E-state index contributed by atoms with van der Waals surface area (Å²) in [5, 5.41) is 10.3. The zero-order valence-electron chi connectivity index (χ0n) is 24.2. The third-order valence-electron chi connectivity index (χ3n) is 9.90. The van der Waals surface area contributed by atoms with E-state index in [1.54, 1.807) is 0 Å². The first kappa shape index (κ1) is 28.8. The molecule has 0 bridgehead atoms. The van der Waals surface area contributed by atoms with E-state index < -0.39 is 5.97 Å². The fourth-order valence-corrected chi connectivity index (χ4v) is 7.60. The van der Waals surface area contributed by atoms with E-state index in [0.29, 0.717) is 24.3 Å². The lowest BCUT2D eigenvalue weighted by Gasteiger charge is -2.38.